The number of fused-ring (bicyclic) bond motifs is 2. The number of carbonyl (C=O) groups excluding carboxylic acids is 1. The highest BCUT2D eigenvalue weighted by molar-refractivity contribution is 7.16. The highest BCUT2D eigenvalue weighted by Gasteiger charge is 2.27. The molecular weight excluding hydrogens is 376 g/mol. The van der Waals surface area contributed by atoms with Crippen LogP contribution in [0.15, 0.2) is 47.5 Å². The quantitative estimate of drug-likeness (QED) is 0.619. The number of benzene rings is 2. The van der Waals surface area contributed by atoms with Crippen molar-refractivity contribution < 1.29 is 19.0 Å². The molecule has 28 heavy (non-hydrogen) atoms. The molecule has 7 heteroatoms. The van der Waals surface area contributed by atoms with Crippen molar-refractivity contribution in [3.05, 3.63) is 52.8 Å². The minimum Gasteiger partial charge on any atom is -0.485 e. The molecule has 0 bridgehead atoms. The highest BCUT2D eigenvalue weighted by atomic mass is 32.1. The first-order valence-electron chi connectivity index (χ1n) is 9.31. The summed E-state index contributed by atoms with van der Waals surface area (Å²) in [6, 6.07) is 13.5. The van der Waals surface area contributed by atoms with Gasteiger partial charge in [-0.25, -0.2) is 0 Å². The van der Waals surface area contributed by atoms with Gasteiger partial charge in [0, 0.05) is 13.2 Å². The number of thiazole rings is 1. The Hall–Kier alpha value is -2.64. The highest BCUT2D eigenvalue weighted by Crippen LogP contribution is 2.31. The summed E-state index contributed by atoms with van der Waals surface area (Å²) < 4.78 is 20.1. The van der Waals surface area contributed by atoms with Crippen molar-refractivity contribution in [3.63, 3.8) is 0 Å². The van der Waals surface area contributed by atoms with Crippen LogP contribution >= 0.6 is 11.3 Å². The van der Waals surface area contributed by atoms with Crippen LogP contribution in [0.2, 0.25) is 0 Å². The minimum atomic E-state index is -0.749. The lowest BCUT2D eigenvalue weighted by Crippen LogP contribution is -2.37. The van der Waals surface area contributed by atoms with Crippen molar-refractivity contribution in [1.29, 1.82) is 0 Å². The normalized spacial score (nSPS) is 16.5. The second-order valence-electron chi connectivity index (χ2n) is 6.47. The number of amides is 1. The molecule has 1 aliphatic heterocycles. The summed E-state index contributed by atoms with van der Waals surface area (Å²) in [6.45, 7) is 6.04. The summed E-state index contributed by atoms with van der Waals surface area (Å²) in [4.78, 5) is 17.9. The zero-order valence-corrected chi connectivity index (χ0v) is 16.7. The van der Waals surface area contributed by atoms with Crippen LogP contribution < -0.4 is 14.3 Å². The molecule has 1 aromatic heterocycles. The van der Waals surface area contributed by atoms with Gasteiger partial charge in [-0.3, -0.25) is 4.79 Å². The number of aromatic nitrogens is 1. The summed E-state index contributed by atoms with van der Waals surface area (Å²) in [5, 5.41) is 0. The van der Waals surface area contributed by atoms with Gasteiger partial charge in [-0.1, -0.05) is 35.6 Å². The van der Waals surface area contributed by atoms with E-state index >= 15 is 0 Å². The molecule has 0 aliphatic carbocycles. The summed E-state index contributed by atoms with van der Waals surface area (Å²) in [5.41, 5.74) is 2.23. The van der Waals surface area contributed by atoms with E-state index in [4.69, 9.17) is 14.2 Å². The van der Waals surface area contributed by atoms with Crippen LogP contribution in [-0.4, -0.2) is 36.4 Å². The predicted octanol–water partition coefficient (Wildman–Crippen LogP) is 3.32. The summed E-state index contributed by atoms with van der Waals surface area (Å²) in [5.74, 6) is 0.874. The first kappa shape index (κ1) is 18.7. The van der Waals surface area contributed by atoms with Crippen LogP contribution in [0, 0.1) is 6.92 Å². The van der Waals surface area contributed by atoms with E-state index in [0.717, 1.165) is 15.8 Å². The number of nitrogens with zero attached hydrogens (tertiary/aromatic N) is 2. The van der Waals surface area contributed by atoms with Crippen LogP contribution in [0.5, 0.6) is 11.5 Å². The Bertz CT molecular complexity index is 1070. The predicted molar refractivity (Wildman–Crippen MR) is 108 cm³/mol. The standard InChI is InChI=1S/C21H22N2O4S/c1-3-25-12-11-23-19-14(2)7-6-10-18(19)28-21(23)22-20(24)17-13-26-15-8-4-5-9-16(15)27-17/h4-10,17H,3,11-13H2,1-2H3/t17-/m0/s1. The molecule has 0 N–H and O–H groups in total. The molecule has 2 heterocycles. The van der Waals surface area contributed by atoms with E-state index < -0.39 is 6.10 Å². The third kappa shape index (κ3) is 3.68. The maximum absolute atomic E-state index is 12.8. The minimum absolute atomic E-state index is 0.155. The van der Waals surface area contributed by atoms with E-state index in [1.807, 2.05) is 37.3 Å². The van der Waals surface area contributed by atoms with Gasteiger partial charge >= 0.3 is 0 Å². The van der Waals surface area contributed by atoms with E-state index in [0.29, 0.717) is 36.1 Å². The number of rotatable bonds is 5. The number of para-hydroxylation sites is 3. The van der Waals surface area contributed by atoms with Crippen LogP contribution in [0.4, 0.5) is 0 Å². The molecule has 0 radical (unpaired) electrons. The monoisotopic (exact) mass is 398 g/mol. The molecule has 146 valence electrons. The second kappa shape index (κ2) is 8.16. The molecule has 1 atom stereocenters. The van der Waals surface area contributed by atoms with Crippen LogP contribution in [0.1, 0.15) is 12.5 Å². The van der Waals surface area contributed by atoms with Gasteiger partial charge in [0.1, 0.15) is 6.61 Å². The second-order valence-corrected chi connectivity index (χ2v) is 7.48. The lowest BCUT2D eigenvalue weighted by Gasteiger charge is -2.23. The number of hydrogen-bond acceptors (Lipinski definition) is 5. The first-order chi connectivity index (χ1) is 13.7. The molecule has 2 aromatic carbocycles. The molecule has 1 amide bonds. The van der Waals surface area contributed by atoms with Crippen molar-refractivity contribution >= 4 is 27.5 Å². The Labute approximate surface area is 167 Å². The lowest BCUT2D eigenvalue weighted by molar-refractivity contribution is -0.127. The Morgan fingerprint density at radius 3 is 2.89 bits per heavy atom. The summed E-state index contributed by atoms with van der Waals surface area (Å²) in [7, 11) is 0. The molecule has 4 rings (SSSR count). The average molecular weight is 398 g/mol. The Morgan fingerprint density at radius 2 is 2.07 bits per heavy atom. The van der Waals surface area contributed by atoms with Gasteiger partial charge in [0.25, 0.3) is 5.91 Å². The summed E-state index contributed by atoms with van der Waals surface area (Å²) in [6.07, 6.45) is -0.749. The zero-order valence-electron chi connectivity index (χ0n) is 15.9. The SMILES string of the molecule is CCOCCn1c(=NC(=O)[C@@H]2COc3ccccc3O2)sc2cccc(C)c21. The van der Waals surface area contributed by atoms with Gasteiger partial charge in [-0.05, 0) is 37.6 Å². The Morgan fingerprint density at radius 1 is 1.25 bits per heavy atom. The third-order valence-corrected chi connectivity index (χ3v) is 5.60. The average Bonchev–Trinajstić information content (AvgIpc) is 3.06. The Kier molecular flexibility index (Phi) is 5.45. The Balaban J connectivity index is 1.68. The van der Waals surface area contributed by atoms with Crippen molar-refractivity contribution in [2.45, 2.75) is 26.5 Å². The van der Waals surface area contributed by atoms with Crippen LogP contribution in [0.3, 0.4) is 0 Å². The molecule has 0 fully saturated rings. The molecule has 1 aliphatic rings. The maximum atomic E-state index is 12.8. The van der Waals surface area contributed by atoms with E-state index in [1.54, 1.807) is 6.07 Å². The van der Waals surface area contributed by atoms with E-state index in [2.05, 4.69) is 22.5 Å². The van der Waals surface area contributed by atoms with Crippen molar-refractivity contribution in [3.8, 4) is 11.5 Å². The number of aryl methyl sites for hydroxylation is 1. The molecule has 3 aromatic rings. The van der Waals surface area contributed by atoms with Gasteiger partial charge in [-0.15, -0.1) is 0 Å². The van der Waals surface area contributed by atoms with Crippen molar-refractivity contribution in [2.75, 3.05) is 19.8 Å². The van der Waals surface area contributed by atoms with Gasteiger partial charge in [-0.2, -0.15) is 4.99 Å². The lowest BCUT2D eigenvalue weighted by atomic mass is 10.2. The fraction of sp³-hybridized carbons (Fsp3) is 0.333. The van der Waals surface area contributed by atoms with Crippen molar-refractivity contribution in [2.24, 2.45) is 4.99 Å². The molecular formula is C21H22N2O4S. The zero-order chi connectivity index (χ0) is 19.5. The van der Waals surface area contributed by atoms with E-state index in [-0.39, 0.29) is 12.5 Å². The van der Waals surface area contributed by atoms with Gasteiger partial charge in [0.05, 0.1) is 16.8 Å². The van der Waals surface area contributed by atoms with Crippen LogP contribution in [-0.2, 0) is 16.1 Å². The molecule has 0 saturated carbocycles. The number of ether oxygens (including phenoxy) is 3. The van der Waals surface area contributed by atoms with E-state index in [1.165, 1.54) is 11.3 Å². The smallest absolute Gasteiger partial charge is 0.292 e. The topological polar surface area (TPSA) is 62.1 Å². The number of carbonyl (C=O) groups is 1. The molecule has 0 saturated heterocycles. The summed E-state index contributed by atoms with van der Waals surface area (Å²) >= 11 is 1.50. The van der Waals surface area contributed by atoms with Crippen LogP contribution in [0.25, 0.3) is 10.2 Å². The molecule has 0 spiro atoms. The van der Waals surface area contributed by atoms with E-state index in [9.17, 15) is 4.79 Å². The van der Waals surface area contributed by atoms with Crippen molar-refractivity contribution in [1.82, 2.24) is 4.57 Å². The van der Waals surface area contributed by atoms with Gasteiger partial charge in [0.2, 0.25) is 6.10 Å². The van der Waals surface area contributed by atoms with Gasteiger partial charge in [0.15, 0.2) is 16.3 Å². The first-order valence-corrected chi connectivity index (χ1v) is 10.1. The van der Waals surface area contributed by atoms with Gasteiger partial charge < -0.3 is 18.8 Å². The fourth-order valence-corrected chi connectivity index (χ4v) is 4.35. The maximum Gasteiger partial charge on any atom is 0.292 e. The number of hydrogen-bond donors (Lipinski definition) is 0. The fourth-order valence-electron chi connectivity index (χ4n) is 3.21. The largest absolute Gasteiger partial charge is 0.485 e. The third-order valence-electron chi connectivity index (χ3n) is 4.56. The molecule has 0 unspecified atom stereocenters. The molecule has 6 nitrogen and oxygen atoms in total.